The van der Waals surface area contributed by atoms with Crippen molar-refractivity contribution in [1.82, 2.24) is 9.78 Å². The fourth-order valence-electron chi connectivity index (χ4n) is 2.60. The second-order valence-corrected chi connectivity index (χ2v) is 5.85. The number of amides is 1. The molecule has 1 aromatic heterocycles. The highest BCUT2D eigenvalue weighted by Crippen LogP contribution is 2.26. The number of aromatic nitrogens is 2. The Morgan fingerprint density at radius 2 is 1.69 bits per heavy atom. The number of ether oxygens (including phenoxy) is 3. The highest BCUT2D eigenvalue weighted by Gasteiger charge is 2.18. The normalized spacial score (nSPS) is 10.3. The van der Waals surface area contributed by atoms with Gasteiger partial charge in [-0.3, -0.25) is 9.59 Å². The van der Waals surface area contributed by atoms with E-state index in [4.69, 9.17) is 14.2 Å². The summed E-state index contributed by atoms with van der Waals surface area (Å²) in [6.45, 7) is 0. The van der Waals surface area contributed by atoms with Crippen molar-refractivity contribution in [2.75, 3.05) is 26.6 Å². The standard InChI is InChI=1S/C20H18FN3O5/c1-27-15-8-14(9-16(10-15)28-2)24-18(29-3)11-17(25)19(23-24)20(26)22-13-6-4-5-12(21)7-13/h4-11H,1-3H3,(H,22,26). The van der Waals surface area contributed by atoms with Crippen LogP contribution in [-0.4, -0.2) is 37.0 Å². The molecule has 0 aliphatic rings. The largest absolute Gasteiger partial charge is 0.497 e. The van der Waals surface area contributed by atoms with Crippen LogP contribution in [0.3, 0.4) is 0 Å². The van der Waals surface area contributed by atoms with Crippen LogP contribution in [0.5, 0.6) is 17.4 Å². The molecule has 0 atom stereocenters. The number of nitrogens with one attached hydrogen (secondary N) is 1. The van der Waals surface area contributed by atoms with Crippen molar-refractivity contribution in [3.8, 4) is 23.1 Å². The number of carbonyl (C=O) groups is 1. The zero-order valence-corrected chi connectivity index (χ0v) is 15.9. The van der Waals surface area contributed by atoms with Gasteiger partial charge in [-0.2, -0.15) is 9.78 Å². The summed E-state index contributed by atoms with van der Waals surface area (Å²) in [5.74, 6) is -0.244. The highest BCUT2D eigenvalue weighted by atomic mass is 19.1. The molecule has 3 rings (SSSR count). The number of anilines is 1. The first-order valence-corrected chi connectivity index (χ1v) is 8.44. The van der Waals surface area contributed by atoms with Crippen LogP contribution in [0.2, 0.25) is 0 Å². The Bertz CT molecular complexity index is 1090. The molecule has 9 heteroatoms. The van der Waals surface area contributed by atoms with Crippen LogP contribution in [0.4, 0.5) is 10.1 Å². The summed E-state index contributed by atoms with van der Waals surface area (Å²) >= 11 is 0. The lowest BCUT2D eigenvalue weighted by Gasteiger charge is -2.14. The van der Waals surface area contributed by atoms with Gasteiger partial charge in [0.25, 0.3) is 5.91 Å². The predicted octanol–water partition coefficient (Wildman–Crippen LogP) is 2.65. The van der Waals surface area contributed by atoms with Gasteiger partial charge in [-0.25, -0.2) is 4.39 Å². The van der Waals surface area contributed by atoms with Crippen LogP contribution in [0, 0.1) is 5.82 Å². The van der Waals surface area contributed by atoms with E-state index in [0.29, 0.717) is 17.2 Å². The first-order valence-electron chi connectivity index (χ1n) is 8.44. The van der Waals surface area contributed by atoms with Crippen molar-refractivity contribution in [2.45, 2.75) is 0 Å². The number of benzene rings is 2. The Labute approximate surface area is 165 Å². The maximum absolute atomic E-state index is 13.4. The molecule has 2 aromatic carbocycles. The van der Waals surface area contributed by atoms with E-state index >= 15 is 0 Å². The van der Waals surface area contributed by atoms with Gasteiger partial charge in [0, 0.05) is 23.9 Å². The Kier molecular flexibility index (Phi) is 5.77. The molecule has 0 unspecified atom stereocenters. The van der Waals surface area contributed by atoms with Gasteiger partial charge in [0.2, 0.25) is 11.3 Å². The van der Waals surface area contributed by atoms with Crippen molar-refractivity contribution in [3.05, 3.63) is 70.3 Å². The molecule has 0 saturated heterocycles. The number of hydrogen-bond donors (Lipinski definition) is 1. The molecular formula is C20H18FN3O5. The van der Waals surface area contributed by atoms with Gasteiger partial charge in [0.15, 0.2) is 5.69 Å². The summed E-state index contributed by atoms with van der Waals surface area (Å²) in [5.41, 5.74) is -0.404. The zero-order valence-electron chi connectivity index (χ0n) is 15.9. The van der Waals surface area contributed by atoms with E-state index in [0.717, 1.165) is 12.1 Å². The second kappa shape index (κ2) is 8.42. The molecule has 0 aliphatic heterocycles. The molecule has 0 fully saturated rings. The highest BCUT2D eigenvalue weighted by molar-refractivity contribution is 6.02. The summed E-state index contributed by atoms with van der Waals surface area (Å²) in [7, 11) is 4.36. The van der Waals surface area contributed by atoms with Crippen LogP contribution in [0.15, 0.2) is 53.3 Å². The molecule has 150 valence electrons. The molecular weight excluding hydrogens is 381 g/mol. The fourth-order valence-corrected chi connectivity index (χ4v) is 2.60. The topological polar surface area (TPSA) is 91.7 Å². The molecule has 0 spiro atoms. The Morgan fingerprint density at radius 3 is 2.28 bits per heavy atom. The van der Waals surface area contributed by atoms with Gasteiger partial charge >= 0.3 is 0 Å². The molecule has 29 heavy (non-hydrogen) atoms. The third kappa shape index (κ3) is 4.34. The number of nitrogens with zero attached hydrogens (tertiary/aromatic N) is 2. The summed E-state index contributed by atoms with van der Waals surface area (Å²) in [6, 6.07) is 11.4. The molecule has 3 aromatic rings. The van der Waals surface area contributed by atoms with E-state index < -0.39 is 22.8 Å². The number of methoxy groups -OCH3 is 3. The lowest BCUT2D eigenvalue weighted by molar-refractivity contribution is 0.101. The fraction of sp³-hybridized carbons (Fsp3) is 0.150. The summed E-state index contributed by atoms with van der Waals surface area (Å²) in [6.07, 6.45) is 0. The van der Waals surface area contributed by atoms with Gasteiger partial charge in [0.1, 0.15) is 17.3 Å². The second-order valence-electron chi connectivity index (χ2n) is 5.85. The van der Waals surface area contributed by atoms with E-state index in [1.807, 2.05) is 0 Å². The van der Waals surface area contributed by atoms with Gasteiger partial charge in [-0.1, -0.05) is 6.07 Å². The number of halogens is 1. The molecule has 0 bridgehead atoms. The molecule has 0 radical (unpaired) electrons. The molecule has 0 aliphatic carbocycles. The van der Waals surface area contributed by atoms with Crippen LogP contribution in [0.1, 0.15) is 10.5 Å². The van der Waals surface area contributed by atoms with Crippen molar-refractivity contribution in [1.29, 1.82) is 0 Å². The minimum atomic E-state index is -0.785. The molecule has 1 N–H and O–H groups in total. The maximum atomic E-state index is 13.4. The van der Waals surface area contributed by atoms with Crippen LogP contribution in [-0.2, 0) is 0 Å². The summed E-state index contributed by atoms with van der Waals surface area (Å²) < 4.78 is 30.3. The van der Waals surface area contributed by atoms with Crippen LogP contribution in [0.25, 0.3) is 5.69 Å². The van der Waals surface area contributed by atoms with E-state index in [9.17, 15) is 14.0 Å². The SMILES string of the molecule is COc1cc(OC)cc(-n2nc(C(=O)Nc3cccc(F)c3)c(=O)cc2OC)c1. The van der Waals surface area contributed by atoms with Crippen molar-refractivity contribution in [2.24, 2.45) is 0 Å². The van der Waals surface area contributed by atoms with Gasteiger partial charge in [-0.05, 0) is 18.2 Å². The van der Waals surface area contributed by atoms with E-state index in [1.54, 1.807) is 18.2 Å². The monoisotopic (exact) mass is 399 g/mol. The van der Waals surface area contributed by atoms with E-state index in [-0.39, 0.29) is 11.6 Å². The lowest BCUT2D eigenvalue weighted by atomic mass is 10.2. The molecule has 8 nitrogen and oxygen atoms in total. The van der Waals surface area contributed by atoms with Gasteiger partial charge in [0.05, 0.1) is 33.1 Å². The average Bonchev–Trinajstić information content (AvgIpc) is 2.72. The van der Waals surface area contributed by atoms with E-state index in [2.05, 4.69) is 10.4 Å². The zero-order chi connectivity index (χ0) is 21.0. The third-order valence-corrected chi connectivity index (χ3v) is 3.98. The number of rotatable bonds is 6. The molecule has 1 heterocycles. The third-order valence-electron chi connectivity index (χ3n) is 3.98. The lowest BCUT2D eigenvalue weighted by Crippen LogP contribution is -2.26. The van der Waals surface area contributed by atoms with Gasteiger partial charge < -0.3 is 19.5 Å². The van der Waals surface area contributed by atoms with Crippen molar-refractivity contribution in [3.63, 3.8) is 0 Å². The van der Waals surface area contributed by atoms with Gasteiger partial charge in [-0.15, -0.1) is 0 Å². The first-order chi connectivity index (χ1) is 13.9. The van der Waals surface area contributed by atoms with Crippen molar-refractivity contribution < 1.29 is 23.4 Å². The Hall–Kier alpha value is -3.88. The number of carbonyl (C=O) groups excluding carboxylic acids is 1. The predicted molar refractivity (Wildman–Crippen MR) is 104 cm³/mol. The quantitative estimate of drug-likeness (QED) is 0.685. The Balaban J connectivity index is 2.07. The minimum absolute atomic E-state index is 0.104. The van der Waals surface area contributed by atoms with Crippen LogP contribution >= 0.6 is 0 Å². The number of hydrogen-bond acceptors (Lipinski definition) is 6. The smallest absolute Gasteiger partial charge is 0.280 e. The van der Waals surface area contributed by atoms with E-state index in [1.165, 1.54) is 44.2 Å². The average molecular weight is 399 g/mol. The molecule has 1 amide bonds. The first kappa shape index (κ1) is 19.9. The van der Waals surface area contributed by atoms with Crippen LogP contribution < -0.4 is 25.0 Å². The molecule has 0 saturated carbocycles. The summed E-state index contributed by atoms with van der Waals surface area (Å²) in [4.78, 5) is 25.0. The van der Waals surface area contributed by atoms with Crippen molar-refractivity contribution >= 4 is 11.6 Å². The summed E-state index contributed by atoms with van der Waals surface area (Å²) in [5, 5.41) is 6.60. The Morgan fingerprint density at radius 1 is 1.00 bits per heavy atom. The maximum Gasteiger partial charge on any atom is 0.280 e. The minimum Gasteiger partial charge on any atom is -0.497 e.